The molecule has 0 fully saturated rings. The second-order valence-electron chi connectivity index (χ2n) is 4.93. The van der Waals surface area contributed by atoms with E-state index in [0.29, 0.717) is 11.6 Å². The summed E-state index contributed by atoms with van der Waals surface area (Å²) >= 11 is 1.17. The fourth-order valence-electron chi connectivity index (χ4n) is 2.13. The summed E-state index contributed by atoms with van der Waals surface area (Å²) in [4.78, 5) is 4.63. The van der Waals surface area contributed by atoms with Gasteiger partial charge in [-0.05, 0) is 26.0 Å². The van der Waals surface area contributed by atoms with Crippen LogP contribution in [0, 0.1) is 13.8 Å². The van der Waals surface area contributed by atoms with Crippen molar-refractivity contribution in [1.29, 1.82) is 0 Å². The summed E-state index contributed by atoms with van der Waals surface area (Å²) in [5.41, 5.74) is 1.56. The summed E-state index contributed by atoms with van der Waals surface area (Å²) in [6, 6.07) is 3.33. The third kappa shape index (κ3) is 2.92. The maximum Gasteiger partial charge on any atom is 0.252 e. The molecule has 0 amide bonds. The molecule has 0 N–H and O–H groups in total. The molecular weight excluding hydrogens is 340 g/mol. The van der Waals surface area contributed by atoms with E-state index in [0.717, 1.165) is 22.5 Å². The van der Waals surface area contributed by atoms with Crippen LogP contribution < -0.4 is 0 Å². The molecule has 0 unspecified atom stereocenters. The maximum absolute atomic E-state index is 12.6. The van der Waals surface area contributed by atoms with Crippen LogP contribution in [-0.4, -0.2) is 35.1 Å². The first-order valence-corrected chi connectivity index (χ1v) is 8.90. The van der Waals surface area contributed by atoms with Crippen molar-refractivity contribution < 1.29 is 17.5 Å². The van der Waals surface area contributed by atoms with E-state index in [-0.39, 0.29) is 10.8 Å². The molecule has 3 rings (SSSR count). The standard InChI is InChI=1S/C13H14N4O4S2/c1-8-13(9(2)21-15-8)10-4-5-12(22-10)23(18,19)17(3)6-11-14-7-20-16-11/h4-5,7H,6H2,1-3H3. The van der Waals surface area contributed by atoms with E-state index in [1.165, 1.54) is 22.7 Å². The largest absolute Gasteiger partial charge is 0.361 e. The van der Waals surface area contributed by atoms with Gasteiger partial charge >= 0.3 is 0 Å². The number of aromatic nitrogens is 3. The Kier molecular flexibility index (Phi) is 4.04. The zero-order chi connectivity index (χ0) is 16.6. The average Bonchev–Trinajstić information content (AvgIpc) is 3.21. The minimum atomic E-state index is -3.63. The molecule has 0 aliphatic carbocycles. The number of sulfonamides is 1. The van der Waals surface area contributed by atoms with Crippen LogP contribution in [0.1, 0.15) is 17.3 Å². The Hall–Kier alpha value is -2.04. The second-order valence-corrected chi connectivity index (χ2v) is 8.28. The molecule has 0 radical (unpaired) electrons. The van der Waals surface area contributed by atoms with Crippen molar-refractivity contribution in [3.8, 4) is 10.4 Å². The van der Waals surface area contributed by atoms with Crippen LogP contribution in [0.15, 0.2) is 31.8 Å². The Morgan fingerprint density at radius 1 is 1.26 bits per heavy atom. The number of aryl methyl sites for hydroxylation is 2. The summed E-state index contributed by atoms with van der Waals surface area (Å²) < 4.78 is 36.4. The van der Waals surface area contributed by atoms with Gasteiger partial charge in [0.15, 0.2) is 5.82 Å². The molecule has 10 heteroatoms. The molecule has 0 bridgehead atoms. The number of hydrogen-bond acceptors (Lipinski definition) is 8. The predicted molar refractivity (Wildman–Crippen MR) is 82.2 cm³/mol. The Bertz CT molecular complexity index is 892. The van der Waals surface area contributed by atoms with Gasteiger partial charge in [0.1, 0.15) is 9.97 Å². The smallest absolute Gasteiger partial charge is 0.252 e. The highest BCUT2D eigenvalue weighted by Crippen LogP contribution is 2.35. The molecule has 0 aliphatic heterocycles. The SMILES string of the molecule is Cc1noc(C)c1-c1ccc(S(=O)(=O)N(C)Cc2ncon2)s1. The lowest BCUT2D eigenvalue weighted by Crippen LogP contribution is -2.26. The molecule has 23 heavy (non-hydrogen) atoms. The molecule has 0 saturated carbocycles. The van der Waals surface area contributed by atoms with E-state index in [2.05, 4.69) is 19.8 Å². The van der Waals surface area contributed by atoms with Gasteiger partial charge < -0.3 is 9.05 Å². The number of nitrogens with zero attached hydrogens (tertiary/aromatic N) is 4. The predicted octanol–water partition coefficient (Wildman–Crippen LogP) is 2.22. The summed E-state index contributed by atoms with van der Waals surface area (Å²) in [5, 5.41) is 7.52. The van der Waals surface area contributed by atoms with Crippen molar-refractivity contribution in [3.63, 3.8) is 0 Å². The lowest BCUT2D eigenvalue weighted by atomic mass is 10.2. The third-order valence-corrected chi connectivity index (χ3v) is 6.67. The molecule has 3 heterocycles. The molecular formula is C13H14N4O4S2. The zero-order valence-electron chi connectivity index (χ0n) is 12.7. The Morgan fingerprint density at radius 2 is 2.04 bits per heavy atom. The lowest BCUT2D eigenvalue weighted by Gasteiger charge is -2.13. The number of thiophene rings is 1. The quantitative estimate of drug-likeness (QED) is 0.692. The van der Waals surface area contributed by atoms with Crippen LogP contribution >= 0.6 is 11.3 Å². The van der Waals surface area contributed by atoms with E-state index >= 15 is 0 Å². The molecule has 0 aromatic carbocycles. The molecule has 3 aromatic heterocycles. The highest BCUT2D eigenvalue weighted by atomic mass is 32.2. The summed E-state index contributed by atoms with van der Waals surface area (Å²) in [6.45, 7) is 3.66. The minimum absolute atomic E-state index is 0.0391. The van der Waals surface area contributed by atoms with Gasteiger partial charge in [0.05, 0.1) is 17.8 Å². The van der Waals surface area contributed by atoms with Gasteiger partial charge in [-0.2, -0.15) is 9.29 Å². The van der Waals surface area contributed by atoms with E-state index in [9.17, 15) is 8.42 Å². The van der Waals surface area contributed by atoms with Gasteiger partial charge in [-0.3, -0.25) is 0 Å². The van der Waals surface area contributed by atoms with E-state index in [1.807, 2.05) is 6.92 Å². The number of hydrogen-bond donors (Lipinski definition) is 0. The first kappa shape index (κ1) is 15.8. The topological polar surface area (TPSA) is 102 Å². The van der Waals surface area contributed by atoms with E-state index in [4.69, 9.17) is 4.52 Å². The molecule has 122 valence electrons. The molecule has 8 nitrogen and oxygen atoms in total. The van der Waals surface area contributed by atoms with Crippen LogP contribution in [0.5, 0.6) is 0 Å². The fraction of sp³-hybridized carbons (Fsp3) is 0.308. The molecule has 0 atom stereocenters. The van der Waals surface area contributed by atoms with Gasteiger partial charge in [0.25, 0.3) is 10.0 Å². The van der Waals surface area contributed by atoms with Crippen molar-refractivity contribution >= 4 is 21.4 Å². The normalized spacial score (nSPS) is 12.2. The van der Waals surface area contributed by atoms with Gasteiger partial charge in [-0.25, -0.2) is 8.42 Å². The van der Waals surface area contributed by atoms with E-state index in [1.54, 1.807) is 19.1 Å². The van der Waals surface area contributed by atoms with Crippen molar-refractivity contribution in [2.24, 2.45) is 0 Å². The zero-order valence-corrected chi connectivity index (χ0v) is 14.3. The monoisotopic (exact) mass is 354 g/mol. The highest BCUT2D eigenvalue weighted by Gasteiger charge is 2.25. The minimum Gasteiger partial charge on any atom is -0.361 e. The molecule has 3 aromatic rings. The first-order valence-electron chi connectivity index (χ1n) is 6.64. The van der Waals surface area contributed by atoms with Gasteiger partial charge in [-0.1, -0.05) is 10.3 Å². The van der Waals surface area contributed by atoms with Crippen LogP contribution in [0.25, 0.3) is 10.4 Å². The lowest BCUT2D eigenvalue weighted by molar-refractivity contribution is 0.393. The van der Waals surface area contributed by atoms with Crippen LogP contribution in [-0.2, 0) is 16.6 Å². The third-order valence-electron chi connectivity index (χ3n) is 3.30. The van der Waals surface area contributed by atoms with Crippen LogP contribution in [0.4, 0.5) is 0 Å². The maximum atomic E-state index is 12.6. The van der Waals surface area contributed by atoms with Crippen molar-refractivity contribution in [1.82, 2.24) is 19.6 Å². The van der Waals surface area contributed by atoms with Gasteiger partial charge in [0.2, 0.25) is 6.39 Å². The highest BCUT2D eigenvalue weighted by molar-refractivity contribution is 7.91. The van der Waals surface area contributed by atoms with Crippen LogP contribution in [0.3, 0.4) is 0 Å². The van der Waals surface area contributed by atoms with Gasteiger partial charge in [-0.15, -0.1) is 11.3 Å². The second kappa shape index (κ2) is 5.87. The Morgan fingerprint density at radius 3 is 2.65 bits per heavy atom. The van der Waals surface area contributed by atoms with Crippen molar-refractivity contribution in [2.75, 3.05) is 7.05 Å². The van der Waals surface area contributed by atoms with Crippen LogP contribution in [0.2, 0.25) is 0 Å². The molecule has 0 spiro atoms. The Labute approximate surface area is 136 Å². The molecule has 0 saturated heterocycles. The van der Waals surface area contributed by atoms with Crippen molar-refractivity contribution in [2.45, 2.75) is 24.6 Å². The van der Waals surface area contributed by atoms with E-state index < -0.39 is 10.0 Å². The summed E-state index contributed by atoms with van der Waals surface area (Å²) in [5.74, 6) is 0.965. The summed E-state index contributed by atoms with van der Waals surface area (Å²) in [7, 11) is -2.16. The fourth-order valence-corrected chi connectivity index (χ4v) is 4.92. The summed E-state index contributed by atoms with van der Waals surface area (Å²) in [6.07, 6.45) is 1.16. The van der Waals surface area contributed by atoms with Gasteiger partial charge in [0, 0.05) is 11.9 Å². The number of rotatable bonds is 5. The Balaban J connectivity index is 1.90. The average molecular weight is 354 g/mol. The molecule has 0 aliphatic rings. The van der Waals surface area contributed by atoms with Crippen molar-refractivity contribution in [3.05, 3.63) is 35.8 Å². The first-order chi connectivity index (χ1) is 10.9.